The zero-order chi connectivity index (χ0) is 11.2. The molecule has 0 amide bonds. The van der Waals surface area contributed by atoms with E-state index in [2.05, 4.69) is 38.2 Å². The summed E-state index contributed by atoms with van der Waals surface area (Å²) >= 11 is 0. The molecule has 1 radical (unpaired) electrons. The number of hydrogen-bond acceptors (Lipinski definition) is 0. The van der Waals surface area contributed by atoms with Crippen LogP contribution < -0.4 is 0 Å². The molecule has 0 fully saturated rings. The summed E-state index contributed by atoms with van der Waals surface area (Å²) in [4.78, 5) is 0. The van der Waals surface area contributed by atoms with Crippen LogP contribution >= 0.6 is 0 Å². The van der Waals surface area contributed by atoms with Crippen molar-refractivity contribution in [3.63, 3.8) is 0 Å². The average molecular weight is 207 g/mol. The summed E-state index contributed by atoms with van der Waals surface area (Å²) in [7, 11) is 0. The zero-order valence-electron chi connectivity index (χ0n) is 10.4. The molecule has 0 N–H and O–H groups in total. The van der Waals surface area contributed by atoms with Crippen molar-refractivity contribution in [1.82, 2.24) is 0 Å². The quantitative estimate of drug-likeness (QED) is 0.329. The molecule has 0 aromatic rings. The Morgan fingerprint density at radius 2 is 1.20 bits per heavy atom. The first-order valence-electron chi connectivity index (χ1n) is 6.51. The Bertz CT molecular complexity index is 153. The number of rotatable bonds is 10. The van der Waals surface area contributed by atoms with Crippen LogP contribution in [0.2, 0.25) is 0 Å². The molecule has 0 unspecified atom stereocenters. The first kappa shape index (κ1) is 14.5. The Hall–Kier alpha value is -0.520. The molecule has 0 spiro atoms. The van der Waals surface area contributed by atoms with Crippen LogP contribution in [0, 0.1) is 6.92 Å². The van der Waals surface area contributed by atoms with Crippen molar-refractivity contribution in [2.24, 2.45) is 0 Å². The van der Waals surface area contributed by atoms with E-state index in [1.165, 1.54) is 51.4 Å². The summed E-state index contributed by atoms with van der Waals surface area (Å²) < 4.78 is 0. The first-order chi connectivity index (χ1) is 7.41. The van der Waals surface area contributed by atoms with E-state index in [9.17, 15) is 0 Å². The maximum Gasteiger partial charge on any atom is -0.0351 e. The minimum absolute atomic E-state index is 1.06. The smallest absolute Gasteiger partial charge is 0.0351 e. The van der Waals surface area contributed by atoms with Crippen molar-refractivity contribution >= 4 is 0 Å². The van der Waals surface area contributed by atoms with Crippen LogP contribution in [0.25, 0.3) is 0 Å². The predicted molar refractivity (Wildman–Crippen MR) is 70.9 cm³/mol. The summed E-state index contributed by atoms with van der Waals surface area (Å²) in [5.74, 6) is 0. The molecule has 0 heterocycles. The number of hydrogen-bond donors (Lipinski definition) is 0. The minimum atomic E-state index is 1.06. The molecule has 15 heavy (non-hydrogen) atoms. The molecule has 0 aliphatic rings. The lowest BCUT2D eigenvalue weighted by Crippen LogP contribution is -1.73. The molecule has 0 aliphatic carbocycles. The van der Waals surface area contributed by atoms with Crippen molar-refractivity contribution in [2.45, 2.75) is 64.7 Å². The average Bonchev–Trinajstić information content (AvgIpc) is 2.26. The standard InChI is InChI=1S/C15H27/c1-3-5-7-9-11-13-15-14-12-10-8-6-4-2/h8-11H,1,3-7,12-15H2,2H3. The van der Waals surface area contributed by atoms with Gasteiger partial charge < -0.3 is 0 Å². The monoisotopic (exact) mass is 207 g/mol. The van der Waals surface area contributed by atoms with Crippen LogP contribution in [-0.2, 0) is 0 Å². The lowest BCUT2D eigenvalue weighted by atomic mass is 10.1. The van der Waals surface area contributed by atoms with Gasteiger partial charge in [-0.05, 0) is 44.9 Å². The second-order valence-corrected chi connectivity index (χ2v) is 4.01. The fraction of sp³-hybridized carbons (Fsp3) is 0.667. The van der Waals surface area contributed by atoms with Gasteiger partial charge in [0.05, 0.1) is 0 Å². The van der Waals surface area contributed by atoms with E-state index in [1.54, 1.807) is 0 Å². The molecule has 0 bridgehead atoms. The van der Waals surface area contributed by atoms with Crippen molar-refractivity contribution in [2.75, 3.05) is 0 Å². The van der Waals surface area contributed by atoms with E-state index in [1.807, 2.05) is 0 Å². The molecular formula is C15H27. The van der Waals surface area contributed by atoms with Gasteiger partial charge in [-0.3, -0.25) is 0 Å². The van der Waals surface area contributed by atoms with Gasteiger partial charge in [0.2, 0.25) is 0 Å². The Labute approximate surface area is 96.5 Å². The normalized spacial score (nSPS) is 11.9. The third-order valence-electron chi connectivity index (χ3n) is 2.40. The molecule has 0 aromatic heterocycles. The highest BCUT2D eigenvalue weighted by Crippen LogP contribution is 2.04. The maximum atomic E-state index is 3.83. The van der Waals surface area contributed by atoms with Crippen LogP contribution in [0.5, 0.6) is 0 Å². The number of unbranched alkanes of at least 4 members (excludes halogenated alkanes) is 6. The number of allylic oxidation sites excluding steroid dienone is 4. The molecule has 0 aromatic carbocycles. The minimum Gasteiger partial charge on any atom is -0.0885 e. The van der Waals surface area contributed by atoms with Gasteiger partial charge >= 0.3 is 0 Å². The van der Waals surface area contributed by atoms with E-state index in [4.69, 9.17) is 0 Å². The molecule has 0 nitrogen and oxygen atoms in total. The molecule has 0 atom stereocenters. The molecule has 87 valence electrons. The lowest BCUT2D eigenvalue weighted by Gasteiger charge is -1.93. The highest BCUT2D eigenvalue weighted by atomic mass is 13.9. The van der Waals surface area contributed by atoms with Gasteiger partial charge in [0, 0.05) is 0 Å². The second-order valence-electron chi connectivity index (χ2n) is 4.01. The fourth-order valence-corrected chi connectivity index (χ4v) is 1.42. The fourth-order valence-electron chi connectivity index (χ4n) is 1.42. The van der Waals surface area contributed by atoms with Crippen LogP contribution in [-0.4, -0.2) is 0 Å². The van der Waals surface area contributed by atoms with Gasteiger partial charge in [0.15, 0.2) is 0 Å². The van der Waals surface area contributed by atoms with E-state index in [0.29, 0.717) is 0 Å². The largest absolute Gasteiger partial charge is 0.0885 e. The molecule has 0 saturated carbocycles. The predicted octanol–water partition coefficient (Wildman–Crippen LogP) is 5.46. The van der Waals surface area contributed by atoms with Gasteiger partial charge in [-0.2, -0.15) is 0 Å². The highest BCUT2D eigenvalue weighted by molar-refractivity contribution is 4.83. The van der Waals surface area contributed by atoms with Crippen molar-refractivity contribution in [3.8, 4) is 0 Å². The third kappa shape index (κ3) is 13.5. The molecular weight excluding hydrogens is 180 g/mol. The van der Waals surface area contributed by atoms with Crippen molar-refractivity contribution in [3.05, 3.63) is 31.2 Å². The highest BCUT2D eigenvalue weighted by Gasteiger charge is 1.84. The Balaban J connectivity index is 3.07. The van der Waals surface area contributed by atoms with Crippen LogP contribution in [0.4, 0.5) is 0 Å². The maximum absolute atomic E-state index is 3.83. The van der Waals surface area contributed by atoms with Gasteiger partial charge in [0.25, 0.3) is 0 Å². The lowest BCUT2D eigenvalue weighted by molar-refractivity contribution is 0.756. The van der Waals surface area contributed by atoms with Crippen molar-refractivity contribution in [1.29, 1.82) is 0 Å². The Kier molecular flexibility index (Phi) is 13.0. The molecule has 0 aliphatic heterocycles. The Morgan fingerprint density at radius 3 is 1.67 bits per heavy atom. The zero-order valence-corrected chi connectivity index (χ0v) is 10.4. The van der Waals surface area contributed by atoms with E-state index >= 15 is 0 Å². The second kappa shape index (κ2) is 13.5. The van der Waals surface area contributed by atoms with E-state index in [-0.39, 0.29) is 0 Å². The Morgan fingerprint density at radius 1 is 0.733 bits per heavy atom. The van der Waals surface area contributed by atoms with E-state index in [0.717, 1.165) is 6.42 Å². The SMILES string of the molecule is [CH2]CCCC=CCCCCC=CCCC. The van der Waals surface area contributed by atoms with Crippen molar-refractivity contribution < 1.29 is 0 Å². The van der Waals surface area contributed by atoms with Gasteiger partial charge in [0.1, 0.15) is 0 Å². The third-order valence-corrected chi connectivity index (χ3v) is 2.40. The topological polar surface area (TPSA) is 0 Å². The molecule has 0 saturated heterocycles. The molecule has 0 heteroatoms. The van der Waals surface area contributed by atoms with Crippen LogP contribution in [0.3, 0.4) is 0 Å². The summed E-state index contributed by atoms with van der Waals surface area (Å²) in [5, 5.41) is 0. The molecule has 0 rings (SSSR count). The summed E-state index contributed by atoms with van der Waals surface area (Å²) in [6.07, 6.45) is 20.4. The van der Waals surface area contributed by atoms with Crippen LogP contribution in [0.15, 0.2) is 24.3 Å². The van der Waals surface area contributed by atoms with Gasteiger partial charge in [-0.15, -0.1) is 0 Å². The summed E-state index contributed by atoms with van der Waals surface area (Å²) in [6.45, 7) is 6.05. The van der Waals surface area contributed by atoms with Gasteiger partial charge in [-0.1, -0.05) is 51.0 Å². The van der Waals surface area contributed by atoms with Gasteiger partial charge in [-0.25, -0.2) is 0 Å². The first-order valence-corrected chi connectivity index (χ1v) is 6.51. The van der Waals surface area contributed by atoms with Crippen LogP contribution in [0.1, 0.15) is 64.7 Å². The van der Waals surface area contributed by atoms with E-state index < -0.39 is 0 Å². The summed E-state index contributed by atoms with van der Waals surface area (Å²) in [6, 6.07) is 0. The summed E-state index contributed by atoms with van der Waals surface area (Å²) in [5.41, 5.74) is 0.